The van der Waals surface area contributed by atoms with Gasteiger partial charge in [0.25, 0.3) is 0 Å². The van der Waals surface area contributed by atoms with Crippen molar-refractivity contribution in [3.05, 3.63) is 87.2 Å². The fourth-order valence-corrected chi connectivity index (χ4v) is 3.63. The number of pyridine rings is 1. The van der Waals surface area contributed by atoms with Gasteiger partial charge in [-0.15, -0.1) is 4.91 Å². The van der Waals surface area contributed by atoms with Crippen LogP contribution in [0.3, 0.4) is 0 Å². The molecule has 0 bridgehead atoms. The fraction of sp³-hybridized carbons (Fsp3) is 0.136. The maximum atomic E-state index is 12.3. The van der Waals surface area contributed by atoms with Crippen molar-refractivity contribution >= 4 is 28.4 Å². The highest BCUT2D eigenvalue weighted by atomic mass is 35.5. The van der Waals surface area contributed by atoms with Gasteiger partial charge in [-0.05, 0) is 37.6 Å². The number of carbonyl (C=O) groups excluding carboxylic acids is 1. The van der Waals surface area contributed by atoms with Gasteiger partial charge in [-0.3, -0.25) is 9.78 Å². The average Bonchev–Trinajstić information content (AvgIpc) is 3.05. The minimum absolute atomic E-state index is 0.153. The summed E-state index contributed by atoms with van der Waals surface area (Å²) in [7, 11) is 0. The molecule has 144 valence electrons. The fourth-order valence-electron chi connectivity index (χ4n) is 3.45. The van der Waals surface area contributed by atoms with Crippen LogP contribution in [0, 0.1) is 18.8 Å². The van der Waals surface area contributed by atoms with Crippen molar-refractivity contribution in [2.75, 3.05) is 0 Å². The van der Waals surface area contributed by atoms with E-state index < -0.39 is 5.91 Å². The summed E-state index contributed by atoms with van der Waals surface area (Å²) in [5.74, 6) is -0.330. The Morgan fingerprint density at radius 3 is 2.72 bits per heavy atom. The maximum absolute atomic E-state index is 12.3. The monoisotopic (exact) mass is 404 g/mol. The molecule has 2 aromatic heterocycles. The topological polar surface area (TPSA) is 77.2 Å². The van der Waals surface area contributed by atoms with Gasteiger partial charge < -0.3 is 4.57 Å². The Morgan fingerprint density at radius 2 is 1.93 bits per heavy atom. The van der Waals surface area contributed by atoms with Crippen LogP contribution < -0.4 is 0 Å². The second-order valence-electron chi connectivity index (χ2n) is 6.86. The van der Waals surface area contributed by atoms with Gasteiger partial charge in [0.15, 0.2) is 0 Å². The highest BCUT2D eigenvalue weighted by Crippen LogP contribution is 2.28. The van der Waals surface area contributed by atoms with Crippen molar-refractivity contribution in [2.45, 2.75) is 20.4 Å². The lowest BCUT2D eigenvalue weighted by atomic mass is 10.1. The summed E-state index contributed by atoms with van der Waals surface area (Å²) < 4.78 is 1.69. The lowest BCUT2D eigenvalue weighted by Gasteiger charge is -2.13. The summed E-state index contributed by atoms with van der Waals surface area (Å²) in [6.45, 7) is 3.93. The lowest BCUT2D eigenvalue weighted by molar-refractivity contribution is 0.0992. The van der Waals surface area contributed by atoms with E-state index in [1.807, 2.05) is 55.5 Å². The first kappa shape index (κ1) is 19.0. The van der Waals surface area contributed by atoms with Gasteiger partial charge in [-0.25, -0.2) is 4.98 Å². The minimum atomic E-state index is -0.862. The normalized spacial score (nSPS) is 11.0. The number of para-hydroxylation sites is 1. The van der Waals surface area contributed by atoms with E-state index in [1.54, 1.807) is 17.7 Å². The molecule has 2 aromatic carbocycles. The number of imidazole rings is 1. The Kier molecular flexibility index (Phi) is 4.94. The zero-order chi connectivity index (χ0) is 20.5. The molecule has 0 spiro atoms. The summed E-state index contributed by atoms with van der Waals surface area (Å²) in [5.41, 5.74) is 4.04. The van der Waals surface area contributed by atoms with Gasteiger partial charge in [-0.2, -0.15) is 0 Å². The summed E-state index contributed by atoms with van der Waals surface area (Å²) in [5, 5.41) is 4.14. The second-order valence-corrected chi connectivity index (χ2v) is 7.27. The molecule has 0 fully saturated rings. The standard InChI is InChI=1S/C22H17ClN4O2/c1-13-7-8-18(23)17(9-13)12-27-20(22(28)26-29)14(2)25-21(27)16-10-15-5-3-4-6-19(15)24-11-16/h3-11H,12H2,1-2H3. The second kappa shape index (κ2) is 7.56. The molecular formula is C22H17ClN4O2. The summed E-state index contributed by atoms with van der Waals surface area (Å²) >= 11 is 6.38. The number of aromatic nitrogens is 3. The number of nitrogens with zero attached hydrogens (tertiary/aromatic N) is 4. The van der Waals surface area contributed by atoms with Crippen LogP contribution >= 0.6 is 11.6 Å². The molecular weight excluding hydrogens is 388 g/mol. The molecule has 0 atom stereocenters. The van der Waals surface area contributed by atoms with Crippen LogP contribution in [-0.4, -0.2) is 20.4 Å². The number of aryl methyl sites for hydroxylation is 2. The van der Waals surface area contributed by atoms with E-state index in [2.05, 4.69) is 15.1 Å². The number of rotatable bonds is 4. The Morgan fingerprint density at radius 1 is 1.14 bits per heavy atom. The molecule has 29 heavy (non-hydrogen) atoms. The predicted molar refractivity (Wildman–Crippen MR) is 113 cm³/mol. The zero-order valence-electron chi connectivity index (χ0n) is 15.9. The van der Waals surface area contributed by atoms with E-state index in [4.69, 9.17) is 11.6 Å². The molecule has 6 nitrogen and oxygen atoms in total. The van der Waals surface area contributed by atoms with Crippen LogP contribution in [0.4, 0.5) is 0 Å². The van der Waals surface area contributed by atoms with Crippen molar-refractivity contribution in [3.63, 3.8) is 0 Å². The molecule has 0 saturated heterocycles. The van der Waals surface area contributed by atoms with E-state index >= 15 is 0 Å². The van der Waals surface area contributed by atoms with Gasteiger partial charge in [0, 0.05) is 27.3 Å². The number of hydrogen-bond acceptors (Lipinski definition) is 4. The smallest absolute Gasteiger partial charge is 0.315 e. The first-order chi connectivity index (χ1) is 14.0. The predicted octanol–water partition coefficient (Wildman–Crippen LogP) is 5.32. The molecule has 0 radical (unpaired) electrons. The average molecular weight is 405 g/mol. The molecule has 0 unspecified atom stereocenters. The lowest BCUT2D eigenvalue weighted by Crippen LogP contribution is -2.11. The highest BCUT2D eigenvalue weighted by Gasteiger charge is 2.23. The minimum Gasteiger partial charge on any atom is -0.315 e. The molecule has 0 aliphatic carbocycles. The van der Waals surface area contributed by atoms with Crippen LogP contribution in [-0.2, 0) is 6.54 Å². The molecule has 4 rings (SSSR count). The van der Waals surface area contributed by atoms with E-state index in [0.717, 1.165) is 27.6 Å². The van der Waals surface area contributed by atoms with E-state index in [0.29, 0.717) is 16.5 Å². The van der Waals surface area contributed by atoms with Crippen LogP contribution in [0.5, 0.6) is 0 Å². The molecule has 0 aliphatic rings. The third-order valence-electron chi connectivity index (χ3n) is 4.81. The Balaban J connectivity index is 1.92. The summed E-state index contributed by atoms with van der Waals surface area (Å²) in [6.07, 6.45) is 1.71. The number of halogens is 1. The van der Waals surface area contributed by atoms with Crippen LogP contribution in [0.1, 0.15) is 27.3 Å². The molecule has 0 aliphatic heterocycles. The number of carbonyl (C=O) groups is 1. The van der Waals surface area contributed by atoms with Crippen molar-refractivity contribution in [1.82, 2.24) is 14.5 Å². The van der Waals surface area contributed by atoms with Crippen LogP contribution in [0.2, 0.25) is 5.02 Å². The van der Waals surface area contributed by atoms with Gasteiger partial charge in [0.2, 0.25) is 0 Å². The van der Waals surface area contributed by atoms with E-state index in [1.165, 1.54) is 0 Å². The van der Waals surface area contributed by atoms with Gasteiger partial charge in [-0.1, -0.05) is 47.5 Å². The third kappa shape index (κ3) is 3.54. The SMILES string of the molecule is Cc1ccc(Cl)c(Cn2c(-c3cnc4ccccc4c3)nc(C)c2C(=O)N=O)c1. The quantitative estimate of drug-likeness (QED) is 0.431. The Labute approximate surface area is 172 Å². The van der Waals surface area contributed by atoms with Crippen molar-refractivity contribution in [1.29, 1.82) is 0 Å². The molecule has 4 aromatic rings. The van der Waals surface area contributed by atoms with Gasteiger partial charge in [0.05, 0.1) is 17.8 Å². The largest absolute Gasteiger partial charge is 0.334 e. The zero-order valence-corrected chi connectivity index (χ0v) is 16.6. The number of benzene rings is 2. The van der Waals surface area contributed by atoms with Crippen molar-refractivity contribution in [2.24, 2.45) is 5.18 Å². The number of amides is 1. The van der Waals surface area contributed by atoms with E-state index in [9.17, 15) is 9.70 Å². The number of nitroso groups, excluding NO2 is 1. The van der Waals surface area contributed by atoms with Gasteiger partial charge in [0.1, 0.15) is 11.5 Å². The highest BCUT2D eigenvalue weighted by molar-refractivity contribution is 6.31. The van der Waals surface area contributed by atoms with Crippen molar-refractivity contribution in [3.8, 4) is 11.4 Å². The van der Waals surface area contributed by atoms with E-state index in [-0.39, 0.29) is 12.2 Å². The summed E-state index contributed by atoms with van der Waals surface area (Å²) in [4.78, 5) is 32.3. The molecule has 2 heterocycles. The van der Waals surface area contributed by atoms with Crippen LogP contribution in [0.15, 0.2) is 59.9 Å². The summed E-state index contributed by atoms with van der Waals surface area (Å²) in [6, 6.07) is 15.4. The first-order valence-electron chi connectivity index (χ1n) is 9.03. The number of fused-ring (bicyclic) bond motifs is 1. The van der Waals surface area contributed by atoms with Crippen LogP contribution in [0.25, 0.3) is 22.3 Å². The third-order valence-corrected chi connectivity index (χ3v) is 5.17. The van der Waals surface area contributed by atoms with Crippen molar-refractivity contribution < 1.29 is 4.79 Å². The molecule has 0 N–H and O–H groups in total. The molecule has 1 amide bonds. The Hall–Kier alpha value is -3.38. The van der Waals surface area contributed by atoms with Gasteiger partial charge >= 0.3 is 5.91 Å². The molecule has 7 heteroatoms. The number of hydrogen-bond donors (Lipinski definition) is 0. The maximum Gasteiger partial charge on any atom is 0.334 e. The molecule has 0 saturated carbocycles. The first-order valence-corrected chi connectivity index (χ1v) is 9.40. The Bertz CT molecular complexity index is 1260.